The monoisotopic (exact) mass is 516 g/mol. The maximum atomic E-state index is 13.3. The number of nitrogens with one attached hydrogen (secondary N) is 1. The summed E-state index contributed by atoms with van der Waals surface area (Å²) in [5, 5.41) is 2.47. The smallest absolute Gasteiger partial charge is 0.350 e. The zero-order valence-corrected chi connectivity index (χ0v) is 19.1. The summed E-state index contributed by atoms with van der Waals surface area (Å²) >= 11 is 12.3. The van der Waals surface area contributed by atoms with Crippen molar-refractivity contribution in [2.24, 2.45) is 0 Å². The van der Waals surface area contributed by atoms with Gasteiger partial charge in [0, 0.05) is 6.54 Å². The van der Waals surface area contributed by atoms with Crippen molar-refractivity contribution in [1.82, 2.24) is 5.32 Å². The zero-order valence-electron chi connectivity index (χ0n) is 16.8. The van der Waals surface area contributed by atoms with Gasteiger partial charge in [0.2, 0.25) is 5.91 Å². The Labute approximate surface area is 198 Å². The second-order valence-electron chi connectivity index (χ2n) is 6.87. The van der Waals surface area contributed by atoms with E-state index in [0.717, 1.165) is 16.4 Å². The number of benzene rings is 3. The third kappa shape index (κ3) is 5.98. The van der Waals surface area contributed by atoms with E-state index in [0.29, 0.717) is 0 Å². The molecule has 3 rings (SSSR count). The van der Waals surface area contributed by atoms with E-state index in [1.165, 1.54) is 54.6 Å². The van der Waals surface area contributed by atoms with Crippen LogP contribution in [0.5, 0.6) is 0 Å². The number of alkyl halides is 3. The molecular weight excluding hydrogens is 500 g/mol. The summed E-state index contributed by atoms with van der Waals surface area (Å²) in [4.78, 5) is 12.6. The molecule has 3 aromatic carbocycles. The summed E-state index contributed by atoms with van der Waals surface area (Å²) < 4.78 is 66.1. The molecule has 0 unspecified atom stereocenters. The largest absolute Gasteiger partial charge is 0.416 e. The van der Waals surface area contributed by atoms with Gasteiger partial charge in [0.1, 0.15) is 6.54 Å². The molecule has 5 nitrogen and oxygen atoms in total. The Morgan fingerprint density at radius 3 is 2.27 bits per heavy atom. The first-order chi connectivity index (χ1) is 15.5. The predicted molar refractivity (Wildman–Crippen MR) is 121 cm³/mol. The summed E-state index contributed by atoms with van der Waals surface area (Å²) in [5.41, 5.74) is -0.660. The van der Waals surface area contributed by atoms with Crippen LogP contribution in [0, 0.1) is 0 Å². The van der Waals surface area contributed by atoms with Gasteiger partial charge in [-0.25, -0.2) is 8.42 Å². The predicted octanol–water partition coefficient (Wildman–Crippen LogP) is 5.52. The van der Waals surface area contributed by atoms with E-state index in [2.05, 4.69) is 5.32 Å². The van der Waals surface area contributed by atoms with E-state index in [1.807, 2.05) is 0 Å². The van der Waals surface area contributed by atoms with Gasteiger partial charge in [-0.05, 0) is 42.0 Å². The molecule has 1 N–H and O–H groups in total. The molecule has 1 amide bonds. The minimum atomic E-state index is -4.52. The highest BCUT2D eigenvalue weighted by Gasteiger charge is 2.31. The van der Waals surface area contributed by atoms with Crippen LogP contribution in [0.2, 0.25) is 10.0 Å². The van der Waals surface area contributed by atoms with E-state index >= 15 is 0 Å². The molecule has 0 radical (unpaired) electrons. The van der Waals surface area contributed by atoms with Crippen LogP contribution in [0.25, 0.3) is 0 Å². The number of rotatable bonds is 7. The average Bonchev–Trinajstić information content (AvgIpc) is 2.78. The Balaban J connectivity index is 1.87. The summed E-state index contributed by atoms with van der Waals surface area (Å²) in [7, 11) is -4.22. The third-order valence-corrected chi connectivity index (χ3v) is 7.15. The van der Waals surface area contributed by atoms with E-state index in [1.54, 1.807) is 6.07 Å². The summed E-state index contributed by atoms with van der Waals surface area (Å²) in [6.07, 6.45) is -4.52. The van der Waals surface area contributed by atoms with E-state index < -0.39 is 34.2 Å². The van der Waals surface area contributed by atoms with Gasteiger partial charge in [0.25, 0.3) is 10.0 Å². The standard InChI is InChI=1S/C22H17Cl2F3N2O3S/c23-18-10-5-11-19(21(18)24)29(33(31,32)17-8-2-1-3-9-17)14-20(30)28-13-15-6-4-7-16(12-15)22(25,26)27/h1-12H,13-14H2,(H,28,30). The number of nitrogens with zero attached hydrogens (tertiary/aromatic N) is 1. The van der Waals surface area contributed by atoms with Crippen molar-refractivity contribution < 1.29 is 26.4 Å². The molecule has 0 saturated carbocycles. The van der Waals surface area contributed by atoms with Crippen molar-refractivity contribution in [3.63, 3.8) is 0 Å². The minimum absolute atomic E-state index is 0.0118. The van der Waals surface area contributed by atoms with Gasteiger partial charge in [0.15, 0.2) is 0 Å². The number of halogens is 5. The molecule has 0 spiro atoms. The number of hydrogen-bond donors (Lipinski definition) is 1. The normalized spacial score (nSPS) is 11.8. The van der Waals surface area contributed by atoms with Crippen LogP contribution in [0.3, 0.4) is 0 Å². The number of carbonyl (C=O) groups is 1. The van der Waals surface area contributed by atoms with Gasteiger partial charge < -0.3 is 5.32 Å². The SMILES string of the molecule is O=C(CN(c1cccc(Cl)c1Cl)S(=O)(=O)c1ccccc1)NCc1cccc(C(F)(F)F)c1. The van der Waals surface area contributed by atoms with Gasteiger partial charge in [-0.15, -0.1) is 0 Å². The maximum Gasteiger partial charge on any atom is 0.416 e. The van der Waals surface area contributed by atoms with Crippen molar-refractivity contribution in [2.45, 2.75) is 17.6 Å². The molecule has 174 valence electrons. The molecule has 0 aromatic heterocycles. The lowest BCUT2D eigenvalue weighted by atomic mass is 10.1. The number of sulfonamides is 1. The van der Waals surface area contributed by atoms with Crippen molar-refractivity contribution in [3.05, 3.63) is 94.0 Å². The van der Waals surface area contributed by atoms with Crippen molar-refractivity contribution in [3.8, 4) is 0 Å². The van der Waals surface area contributed by atoms with Gasteiger partial charge in [-0.3, -0.25) is 9.10 Å². The van der Waals surface area contributed by atoms with Crippen LogP contribution in [-0.2, 0) is 27.5 Å². The fraction of sp³-hybridized carbons (Fsp3) is 0.136. The summed E-state index contributed by atoms with van der Waals surface area (Å²) in [6, 6.07) is 16.2. The van der Waals surface area contributed by atoms with Gasteiger partial charge >= 0.3 is 6.18 Å². The Morgan fingerprint density at radius 2 is 1.61 bits per heavy atom. The lowest BCUT2D eigenvalue weighted by Crippen LogP contribution is -2.40. The number of anilines is 1. The molecule has 11 heteroatoms. The van der Waals surface area contributed by atoms with Gasteiger partial charge in [-0.1, -0.05) is 59.6 Å². The molecule has 0 heterocycles. The molecule has 0 atom stereocenters. The van der Waals surface area contributed by atoms with Crippen LogP contribution >= 0.6 is 23.2 Å². The fourth-order valence-corrected chi connectivity index (χ4v) is 4.85. The summed E-state index contributed by atoms with van der Waals surface area (Å²) in [5.74, 6) is -0.747. The highest BCUT2D eigenvalue weighted by molar-refractivity contribution is 7.92. The first-order valence-electron chi connectivity index (χ1n) is 9.45. The van der Waals surface area contributed by atoms with Crippen LogP contribution in [0.15, 0.2) is 77.7 Å². The summed E-state index contributed by atoms with van der Waals surface area (Å²) in [6.45, 7) is -0.901. The van der Waals surface area contributed by atoms with Gasteiger partial charge in [0.05, 0.1) is 26.2 Å². The first kappa shape index (κ1) is 24.9. The lowest BCUT2D eigenvalue weighted by molar-refractivity contribution is -0.137. The van der Waals surface area contributed by atoms with E-state index in [9.17, 15) is 26.4 Å². The molecular formula is C22H17Cl2F3N2O3S. The van der Waals surface area contributed by atoms with Crippen LogP contribution in [-0.4, -0.2) is 20.9 Å². The Morgan fingerprint density at radius 1 is 0.939 bits per heavy atom. The van der Waals surface area contributed by atoms with Gasteiger partial charge in [-0.2, -0.15) is 13.2 Å². The molecule has 0 bridgehead atoms. The van der Waals surface area contributed by atoms with E-state index in [4.69, 9.17) is 23.2 Å². The first-order valence-corrected chi connectivity index (χ1v) is 11.6. The highest BCUT2D eigenvalue weighted by atomic mass is 35.5. The Bertz CT molecular complexity index is 1250. The second kappa shape index (κ2) is 10.0. The fourth-order valence-electron chi connectivity index (χ4n) is 2.95. The molecule has 33 heavy (non-hydrogen) atoms. The molecule has 0 aliphatic carbocycles. The third-order valence-electron chi connectivity index (χ3n) is 4.56. The number of carbonyl (C=O) groups excluding carboxylic acids is 1. The molecule has 0 saturated heterocycles. The Kier molecular flexibility index (Phi) is 7.56. The number of hydrogen-bond acceptors (Lipinski definition) is 3. The zero-order chi connectivity index (χ0) is 24.2. The van der Waals surface area contributed by atoms with Crippen molar-refractivity contribution >= 4 is 44.8 Å². The topological polar surface area (TPSA) is 66.5 Å². The minimum Gasteiger partial charge on any atom is -0.350 e. The van der Waals surface area contributed by atoms with Crippen LogP contribution in [0.1, 0.15) is 11.1 Å². The molecule has 0 aliphatic rings. The molecule has 0 aliphatic heterocycles. The Hall–Kier alpha value is -2.75. The van der Waals surface area contributed by atoms with Crippen molar-refractivity contribution in [2.75, 3.05) is 10.8 Å². The second-order valence-corrected chi connectivity index (χ2v) is 9.52. The quantitative estimate of drug-likeness (QED) is 0.449. The van der Waals surface area contributed by atoms with Crippen LogP contribution in [0.4, 0.5) is 18.9 Å². The average molecular weight is 517 g/mol. The molecule has 0 fully saturated rings. The highest BCUT2D eigenvalue weighted by Crippen LogP contribution is 2.35. The number of amides is 1. The van der Waals surface area contributed by atoms with Crippen molar-refractivity contribution in [1.29, 1.82) is 0 Å². The van der Waals surface area contributed by atoms with Crippen LogP contribution < -0.4 is 9.62 Å². The lowest BCUT2D eigenvalue weighted by Gasteiger charge is -2.25. The maximum absolute atomic E-state index is 13.3. The van der Waals surface area contributed by atoms with E-state index in [-0.39, 0.29) is 32.7 Å². The molecule has 3 aromatic rings.